The van der Waals surface area contributed by atoms with Gasteiger partial charge in [-0.05, 0) is 17.4 Å². The minimum absolute atomic E-state index is 0.956. The predicted molar refractivity (Wildman–Crippen MR) is 36.0 cm³/mol. The summed E-state index contributed by atoms with van der Waals surface area (Å²) in [6.45, 7) is 0. The summed E-state index contributed by atoms with van der Waals surface area (Å²) in [5.41, 5.74) is 2.63. The molecule has 0 bridgehead atoms. The molecular weight excluding hydrogens is 146 g/mol. The first-order valence-electron chi connectivity index (χ1n) is 3.15. The zero-order valence-corrected chi connectivity index (χ0v) is 5.62. The Morgan fingerprint density at radius 1 is 1.36 bits per heavy atom. The van der Waals surface area contributed by atoms with Crippen LogP contribution >= 0.6 is 0 Å². The molecule has 0 saturated carbocycles. The third-order valence-corrected chi connectivity index (χ3v) is 1.28. The van der Waals surface area contributed by atoms with E-state index in [0.717, 1.165) is 0 Å². The summed E-state index contributed by atoms with van der Waals surface area (Å²) < 4.78 is 0. The van der Waals surface area contributed by atoms with E-state index < -0.39 is 6.35 Å². The molecule has 0 aromatic carbocycles. The summed E-state index contributed by atoms with van der Waals surface area (Å²) in [4.78, 5) is 0. The molecule has 6 nitrogen and oxygen atoms in total. The third kappa shape index (κ3) is 1.08. The Kier molecular flexibility index (Phi) is 1.34. The summed E-state index contributed by atoms with van der Waals surface area (Å²) in [5, 5.41) is 19.1. The quantitative estimate of drug-likeness (QED) is 0.502. The number of nitrogens with zero attached hydrogens (tertiary/aromatic N) is 4. The van der Waals surface area contributed by atoms with E-state index >= 15 is 0 Å². The average Bonchev–Trinajstić information content (AvgIpc) is 2.04. The summed E-state index contributed by atoms with van der Waals surface area (Å²) >= 11 is 0. The number of nitrogens with one attached hydrogen (secondary N) is 1. The maximum atomic E-state index is 8.95. The van der Waals surface area contributed by atoms with Gasteiger partial charge in [0.25, 0.3) is 0 Å². The van der Waals surface area contributed by atoms with Crippen LogP contribution < -0.4 is 5.43 Å². The molecule has 0 amide bonds. The molecule has 1 atom stereocenters. The zero-order valence-electron chi connectivity index (χ0n) is 5.62. The Morgan fingerprint density at radius 3 is 3.09 bits per heavy atom. The fourth-order valence-corrected chi connectivity index (χ4v) is 0.819. The van der Waals surface area contributed by atoms with Gasteiger partial charge in [0, 0.05) is 6.20 Å². The van der Waals surface area contributed by atoms with E-state index in [9.17, 15) is 0 Å². The molecule has 58 valence electrons. The number of hydrogen-bond donors (Lipinski definition) is 2. The fraction of sp³-hybridized carbons (Fsp3) is 0.200. The predicted octanol–water partition coefficient (Wildman–Crippen LogP) is -0.292. The van der Waals surface area contributed by atoms with Gasteiger partial charge in [-0.1, -0.05) is 0 Å². The summed E-state index contributed by atoms with van der Waals surface area (Å²) in [6, 6.07) is 0. The van der Waals surface area contributed by atoms with Gasteiger partial charge in [-0.25, -0.2) is 0 Å². The Morgan fingerprint density at radius 2 is 2.18 bits per heavy atom. The topological polar surface area (TPSA) is 63.5 Å². The van der Waals surface area contributed by atoms with E-state index in [1.807, 2.05) is 12.2 Å². The van der Waals surface area contributed by atoms with Crippen molar-refractivity contribution in [2.45, 2.75) is 6.35 Å². The van der Waals surface area contributed by atoms with Gasteiger partial charge in [0.05, 0.1) is 6.20 Å². The second-order valence-corrected chi connectivity index (χ2v) is 2.06. The van der Waals surface area contributed by atoms with E-state index in [2.05, 4.69) is 15.8 Å². The SMILES string of the molecule is OC1N=NN2C=CC=CN2N1. The van der Waals surface area contributed by atoms with Crippen molar-refractivity contribution in [2.75, 3.05) is 0 Å². The minimum Gasteiger partial charge on any atom is -0.357 e. The van der Waals surface area contributed by atoms with Crippen molar-refractivity contribution in [1.29, 1.82) is 0 Å². The first-order valence-corrected chi connectivity index (χ1v) is 3.15. The van der Waals surface area contributed by atoms with Gasteiger partial charge in [0.2, 0.25) is 6.35 Å². The molecule has 0 aromatic rings. The lowest BCUT2D eigenvalue weighted by molar-refractivity contribution is -0.0850. The molecule has 2 rings (SSSR count). The molecular formula is C5H7N5O. The van der Waals surface area contributed by atoms with Crippen LogP contribution in [-0.4, -0.2) is 21.7 Å². The van der Waals surface area contributed by atoms with E-state index in [1.165, 1.54) is 10.2 Å². The third-order valence-electron chi connectivity index (χ3n) is 1.28. The number of hydrazine groups is 2. The number of rotatable bonds is 0. The molecule has 2 aliphatic rings. The largest absolute Gasteiger partial charge is 0.357 e. The lowest BCUT2D eigenvalue weighted by Crippen LogP contribution is -2.50. The van der Waals surface area contributed by atoms with Crippen LogP contribution in [-0.2, 0) is 0 Å². The van der Waals surface area contributed by atoms with Crippen molar-refractivity contribution in [1.82, 2.24) is 15.7 Å². The second kappa shape index (κ2) is 2.33. The number of aliphatic hydroxyl groups is 1. The van der Waals surface area contributed by atoms with Crippen LogP contribution in [0.15, 0.2) is 34.9 Å². The lowest BCUT2D eigenvalue weighted by Gasteiger charge is -2.33. The maximum absolute atomic E-state index is 8.95. The molecule has 2 heterocycles. The van der Waals surface area contributed by atoms with E-state index in [1.54, 1.807) is 12.4 Å². The van der Waals surface area contributed by atoms with Crippen LogP contribution in [0.25, 0.3) is 0 Å². The summed E-state index contributed by atoms with van der Waals surface area (Å²) in [5.74, 6) is 0. The molecule has 0 saturated heterocycles. The van der Waals surface area contributed by atoms with E-state index in [4.69, 9.17) is 5.11 Å². The lowest BCUT2D eigenvalue weighted by atomic mass is 10.5. The van der Waals surface area contributed by atoms with Gasteiger partial charge in [-0.3, -0.25) is 0 Å². The Bertz CT molecular complexity index is 235. The van der Waals surface area contributed by atoms with Crippen molar-refractivity contribution >= 4 is 0 Å². The number of hydrogen-bond acceptors (Lipinski definition) is 6. The van der Waals surface area contributed by atoms with Crippen molar-refractivity contribution in [3.05, 3.63) is 24.6 Å². The summed E-state index contributed by atoms with van der Waals surface area (Å²) in [6.07, 6.45) is 6.11. The van der Waals surface area contributed by atoms with Crippen LogP contribution in [0.3, 0.4) is 0 Å². The van der Waals surface area contributed by atoms with Gasteiger partial charge in [-0.15, -0.1) is 10.2 Å². The minimum atomic E-state index is -0.956. The highest BCUT2D eigenvalue weighted by atomic mass is 16.3. The van der Waals surface area contributed by atoms with Crippen LogP contribution in [0.5, 0.6) is 0 Å². The molecule has 2 N–H and O–H groups in total. The van der Waals surface area contributed by atoms with Gasteiger partial charge < -0.3 is 5.11 Å². The summed E-state index contributed by atoms with van der Waals surface area (Å²) in [7, 11) is 0. The van der Waals surface area contributed by atoms with Crippen LogP contribution in [0, 0.1) is 0 Å². The van der Waals surface area contributed by atoms with Crippen molar-refractivity contribution in [3.63, 3.8) is 0 Å². The van der Waals surface area contributed by atoms with Crippen LogP contribution in [0.1, 0.15) is 0 Å². The number of aliphatic hydroxyl groups excluding tert-OH is 1. The maximum Gasteiger partial charge on any atom is 0.241 e. The first kappa shape index (κ1) is 6.32. The average molecular weight is 153 g/mol. The highest BCUT2D eigenvalue weighted by Crippen LogP contribution is 2.09. The standard InChI is InChI=1S/C5H7N5O/c11-5-6-8-10-4-2-1-3-9(10)7-5/h1-5,7,11H. The Hall–Kier alpha value is -1.40. The second-order valence-electron chi connectivity index (χ2n) is 2.06. The van der Waals surface area contributed by atoms with Crippen molar-refractivity contribution < 1.29 is 5.11 Å². The molecule has 0 spiro atoms. The van der Waals surface area contributed by atoms with Gasteiger partial charge in [0.15, 0.2) is 0 Å². The zero-order chi connectivity index (χ0) is 7.68. The normalized spacial score (nSPS) is 27.5. The van der Waals surface area contributed by atoms with Gasteiger partial charge in [0.1, 0.15) is 0 Å². The number of fused-ring (bicyclic) bond motifs is 1. The van der Waals surface area contributed by atoms with E-state index in [0.29, 0.717) is 0 Å². The Balaban J connectivity index is 2.20. The monoisotopic (exact) mass is 153 g/mol. The van der Waals surface area contributed by atoms with E-state index in [-0.39, 0.29) is 0 Å². The Labute approximate surface area is 63.0 Å². The molecule has 6 heteroatoms. The van der Waals surface area contributed by atoms with Gasteiger partial charge in [-0.2, -0.15) is 10.5 Å². The molecule has 0 aliphatic carbocycles. The van der Waals surface area contributed by atoms with Crippen LogP contribution in [0.2, 0.25) is 0 Å². The molecule has 0 fully saturated rings. The smallest absolute Gasteiger partial charge is 0.241 e. The van der Waals surface area contributed by atoms with Crippen LogP contribution in [0.4, 0.5) is 0 Å². The molecule has 2 aliphatic heterocycles. The highest BCUT2D eigenvalue weighted by molar-refractivity contribution is 5.04. The highest BCUT2D eigenvalue weighted by Gasteiger charge is 2.17. The first-order chi connectivity index (χ1) is 5.36. The number of allylic oxidation sites excluding steroid dienone is 2. The van der Waals surface area contributed by atoms with Crippen molar-refractivity contribution in [3.8, 4) is 0 Å². The molecule has 1 unspecified atom stereocenters. The molecule has 0 aromatic heterocycles. The molecule has 11 heavy (non-hydrogen) atoms. The van der Waals surface area contributed by atoms with Crippen molar-refractivity contribution in [2.24, 2.45) is 10.3 Å². The molecule has 0 radical (unpaired) electrons. The van der Waals surface area contributed by atoms with Gasteiger partial charge >= 0.3 is 0 Å². The fourth-order valence-electron chi connectivity index (χ4n) is 0.819.